The molecule has 2 bridgehead atoms. The monoisotopic (exact) mass is 210 g/mol. The van der Waals surface area contributed by atoms with E-state index in [1.165, 1.54) is 25.7 Å². The van der Waals surface area contributed by atoms with E-state index in [1.807, 2.05) is 0 Å². The average molecular weight is 210 g/mol. The summed E-state index contributed by atoms with van der Waals surface area (Å²) in [5, 5.41) is 0. The van der Waals surface area contributed by atoms with Gasteiger partial charge in [0.1, 0.15) is 0 Å². The summed E-state index contributed by atoms with van der Waals surface area (Å²) in [4.78, 5) is 6.82. The highest BCUT2D eigenvalue weighted by Gasteiger charge is 2.35. The van der Waals surface area contributed by atoms with Gasteiger partial charge in [0.25, 0.3) is 0 Å². The molecular formula is C10H18N4O. The molecule has 3 fully saturated rings. The minimum absolute atomic E-state index is 0.390. The number of hydrogen-bond donors (Lipinski definition) is 2. The molecule has 2 atom stereocenters. The highest BCUT2D eigenvalue weighted by atomic mass is 16.5. The lowest BCUT2D eigenvalue weighted by Gasteiger charge is -2.33. The van der Waals surface area contributed by atoms with Crippen LogP contribution in [-0.2, 0) is 4.74 Å². The first kappa shape index (κ1) is 9.42. The summed E-state index contributed by atoms with van der Waals surface area (Å²) in [6, 6.07) is 0.511. The summed E-state index contributed by atoms with van der Waals surface area (Å²) in [6.45, 7) is 1.87. The van der Waals surface area contributed by atoms with Crippen molar-refractivity contribution in [2.24, 2.45) is 10.8 Å². The van der Waals surface area contributed by atoms with Crippen molar-refractivity contribution >= 4 is 5.96 Å². The maximum Gasteiger partial charge on any atom is 0.208 e. The van der Waals surface area contributed by atoms with Crippen LogP contribution in [0.2, 0.25) is 0 Å². The maximum absolute atomic E-state index is 5.78. The van der Waals surface area contributed by atoms with Gasteiger partial charge in [-0.05, 0) is 25.7 Å². The van der Waals surface area contributed by atoms with E-state index in [9.17, 15) is 0 Å². The molecule has 0 spiro atoms. The van der Waals surface area contributed by atoms with E-state index in [0.29, 0.717) is 18.2 Å². The Kier molecular flexibility index (Phi) is 2.29. The third-order valence-corrected chi connectivity index (χ3v) is 3.32. The fourth-order valence-electron chi connectivity index (χ4n) is 2.37. The molecule has 2 heterocycles. The Morgan fingerprint density at radius 1 is 1.20 bits per heavy atom. The van der Waals surface area contributed by atoms with Gasteiger partial charge in [0.15, 0.2) is 0 Å². The Bertz CT molecular complexity index is 265. The lowest BCUT2D eigenvalue weighted by atomic mass is 10.2. The molecule has 0 amide bonds. The Labute approximate surface area is 89.6 Å². The van der Waals surface area contributed by atoms with E-state index < -0.39 is 0 Å². The van der Waals surface area contributed by atoms with Crippen LogP contribution < -0.4 is 11.3 Å². The lowest BCUT2D eigenvalue weighted by Crippen LogP contribution is -2.52. The van der Waals surface area contributed by atoms with Crippen molar-refractivity contribution < 1.29 is 4.74 Å². The number of hydrogen-bond acceptors (Lipinski definition) is 3. The molecule has 15 heavy (non-hydrogen) atoms. The third kappa shape index (κ3) is 1.94. The van der Waals surface area contributed by atoms with Gasteiger partial charge >= 0.3 is 0 Å². The Morgan fingerprint density at radius 3 is 2.40 bits per heavy atom. The minimum atomic E-state index is 0.390. The Hall–Kier alpha value is -0.810. The van der Waals surface area contributed by atoms with Gasteiger partial charge in [-0.1, -0.05) is 0 Å². The molecule has 1 saturated carbocycles. The first-order valence-electron chi connectivity index (χ1n) is 5.80. The number of guanidine groups is 1. The molecule has 0 aromatic rings. The number of fused-ring (bicyclic) bond motifs is 2. The molecule has 2 saturated heterocycles. The number of likely N-dealkylation sites (tertiary alicyclic amines) is 1. The fourth-order valence-corrected chi connectivity index (χ4v) is 2.37. The van der Waals surface area contributed by atoms with Crippen LogP contribution in [-0.4, -0.2) is 42.2 Å². The van der Waals surface area contributed by atoms with Crippen LogP contribution in [0.5, 0.6) is 0 Å². The third-order valence-electron chi connectivity index (χ3n) is 3.32. The fraction of sp³-hybridized carbons (Fsp3) is 0.900. The first-order valence-corrected chi connectivity index (χ1v) is 5.80. The first-order chi connectivity index (χ1) is 7.35. The Morgan fingerprint density at radius 2 is 1.87 bits per heavy atom. The number of nitrogens with two attached hydrogens (primary N) is 1. The molecule has 0 aromatic carbocycles. The zero-order chi connectivity index (χ0) is 10.3. The van der Waals surface area contributed by atoms with Crippen LogP contribution >= 0.6 is 0 Å². The lowest BCUT2D eigenvalue weighted by molar-refractivity contribution is -0.0168. The van der Waals surface area contributed by atoms with Crippen molar-refractivity contribution in [1.29, 1.82) is 0 Å². The minimum Gasteiger partial charge on any atom is -0.371 e. The van der Waals surface area contributed by atoms with Gasteiger partial charge in [-0.25, -0.2) is 10.8 Å². The van der Waals surface area contributed by atoms with Crippen LogP contribution in [0.15, 0.2) is 4.99 Å². The number of nitrogens with one attached hydrogen (secondary N) is 1. The quantitative estimate of drug-likeness (QED) is 0.273. The van der Waals surface area contributed by atoms with E-state index in [1.54, 1.807) is 0 Å². The number of aliphatic imine (C=N–C) groups is 1. The molecule has 1 aliphatic carbocycles. The summed E-state index contributed by atoms with van der Waals surface area (Å²) >= 11 is 0. The molecule has 5 heteroatoms. The zero-order valence-electron chi connectivity index (χ0n) is 8.85. The topological polar surface area (TPSA) is 62.9 Å². The summed E-state index contributed by atoms with van der Waals surface area (Å²) < 4.78 is 5.78. The van der Waals surface area contributed by atoms with E-state index in [0.717, 1.165) is 19.0 Å². The predicted octanol–water partition coefficient (Wildman–Crippen LogP) is -0.169. The van der Waals surface area contributed by atoms with Gasteiger partial charge in [0.05, 0.1) is 18.2 Å². The van der Waals surface area contributed by atoms with Crippen LogP contribution in [0.4, 0.5) is 0 Å². The SMILES string of the molecule is NNC(=NC1CC1)N1CC2CCC(C1)O2. The van der Waals surface area contributed by atoms with E-state index in [-0.39, 0.29) is 0 Å². The second kappa shape index (κ2) is 3.64. The summed E-state index contributed by atoms with van der Waals surface area (Å²) in [5.74, 6) is 6.39. The van der Waals surface area contributed by atoms with Crippen molar-refractivity contribution in [1.82, 2.24) is 10.3 Å². The van der Waals surface area contributed by atoms with Crippen molar-refractivity contribution in [3.8, 4) is 0 Å². The average Bonchev–Trinajstić information content (AvgIpc) is 3.01. The number of rotatable bonds is 1. The Balaban J connectivity index is 1.69. The van der Waals surface area contributed by atoms with Gasteiger partial charge in [0.2, 0.25) is 5.96 Å². The second-order valence-electron chi connectivity index (χ2n) is 4.69. The van der Waals surface area contributed by atoms with Gasteiger partial charge in [-0.15, -0.1) is 0 Å². The highest BCUT2D eigenvalue weighted by Crippen LogP contribution is 2.27. The van der Waals surface area contributed by atoms with Gasteiger partial charge in [-0.3, -0.25) is 5.43 Å². The molecule has 3 aliphatic rings. The molecule has 5 nitrogen and oxygen atoms in total. The largest absolute Gasteiger partial charge is 0.371 e. The van der Waals surface area contributed by atoms with E-state index >= 15 is 0 Å². The van der Waals surface area contributed by atoms with Crippen molar-refractivity contribution in [3.63, 3.8) is 0 Å². The van der Waals surface area contributed by atoms with Gasteiger partial charge in [-0.2, -0.15) is 0 Å². The molecule has 0 radical (unpaired) electrons. The molecular weight excluding hydrogens is 192 g/mol. The molecule has 2 aliphatic heterocycles. The van der Waals surface area contributed by atoms with Crippen LogP contribution in [0.25, 0.3) is 0 Å². The molecule has 2 unspecified atom stereocenters. The normalized spacial score (nSPS) is 35.8. The van der Waals surface area contributed by atoms with Crippen molar-refractivity contribution in [2.75, 3.05) is 13.1 Å². The van der Waals surface area contributed by atoms with Crippen molar-refractivity contribution in [2.45, 2.75) is 43.9 Å². The smallest absolute Gasteiger partial charge is 0.208 e. The zero-order valence-corrected chi connectivity index (χ0v) is 8.85. The van der Waals surface area contributed by atoms with Crippen LogP contribution in [0.3, 0.4) is 0 Å². The van der Waals surface area contributed by atoms with Crippen LogP contribution in [0, 0.1) is 0 Å². The van der Waals surface area contributed by atoms with Gasteiger partial charge in [0, 0.05) is 13.1 Å². The molecule has 0 aromatic heterocycles. The number of morpholine rings is 1. The summed E-state index contributed by atoms with van der Waals surface area (Å²) in [6.07, 6.45) is 5.57. The number of nitrogens with zero attached hydrogens (tertiary/aromatic N) is 2. The highest BCUT2D eigenvalue weighted by molar-refractivity contribution is 5.80. The number of hydrazine groups is 1. The summed E-state index contributed by atoms with van der Waals surface area (Å²) in [5.41, 5.74) is 2.73. The van der Waals surface area contributed by atoms with Gasteiger partial charge < -0.3 is 9.64 Å². The second-order valence-corrected chi connectivity index (χ2v) is 4.69. The maximum atomic E-state index is 5.78. The standard InChI is InChI=1S/C10H18N4O/c11-13-10(12-7-1-2-7)14-5-8-3-4-9(6-14)15-8/h7-9H,1-6,11H2,(H,12,13). The number of ether oxygens (including phenoxy) is 1. The van der Waals surface area contributed by atoms with E-state index in [2.05, 4.69) is 15.3 Å². The van der Waals surface area contributed by atoms with Crippen molar-refractivity contribution in [3.05, 3.63) is 0 Å². The molecule has 3 rings (SSSR count). The van der Waals surface area contributed by atoms with Crippen LogP contribution in [0.1, 0.15) is 25.7 Å². The molecule has 84 valence electrons. The summed E-state index contributed by atoms with van der Waals surface area (Å²) in [7, 11) is 0. The van der Waals surface area contributed by atoms with E-state index in [4.69, 9.17) is 10.6 Å². The molecule has 3 N–H and O–H groups in total. The predicted molar refractivity (Wildman–Crippen MR) is 57.2 cm³/mol.